The molecular formula is C21H22Cl2N4O2S. The Labute approximate surface area is 189 Å². The highest BCUT2D eigenvalue weighted by molar-refractivity contribution is 7.99. The monoisotopic (exact) mass is 464 g/mol. The van der Waals surface area contributed by atoms with Crippen LogP contribution < -0.4 is 10.1 Å². The topological polar surface area (TPSA) is 69.0 Å². The summed E-state index contributed by atoms with van der Waals surface area (Å²) < 4.78 is 8.04. The number of nitrogens with zero attached hydrogens (tertiary/aromatic N) is 3. The minimum atomic E-state index is -0.280. The highest BCUT2D eigenvalue weighted by Crippen LogP contribution is 2.27. The number of anilines is 1. The minimum Gasteiger partial charge on any atom is -0.482 e. The molecule has 0 bridgehead atoms. The van der Waals surface area contributed by atoms with Crippen LogP contribution in [-0.2, 0) is 11.3 Å². The molecule has 1 aromatic heterocycles. The average molecular weight is 465 g/mol. The molecule has 30 heavy (non-hydrogen) atoms. The summed E-state index contributed by atoms with van der Waals surface area (Å²) in [5, 5.41) is 12.8. The second-order valence-corrected chi connectivity index (χ2v) is 8.33. The number of nitrogens with one attached hydrogen (secondary N) is 1. The number of carbonyl (C=O) groups is 1. The van der Waals surface area contributed by atoms with Crippen LogP contribution in [0.5, 0.6) is 5.75 Å². The fourth-order valence-corrected chi connectivity index (χ4v) is 3.95. The van der Waals surface area contributed by atoms with Gasteiger partial charge in [0.15, 0.2) is 17.1 Å². The third-order valence-electron chi connectivity index (χ3n) is 4.36. The number of aryl methyl sites for hydroxylation is 1. The average Bonchev–Trinajstić information content (AvgIpc) is 3.14. The van der Waals surface area contributed by atoms with Gasteiger partial charge in [-0.15, -0.1) is 10.2 Å². The third kappa shape index (κ3) is 5.47. The summed E-state index contributed by atoms with van der Waals surface area (Å²) in [4.78, 5) is 12.3. The van der Waals surface area contributed by atoms with Gasteiger partial charge >= 0.3 is 0 Å². The van der Waals surface area contributed by atoms with Gasteiger partial charge in [0.25, 0.3) is 0 Å². The summed E-state index contributed by atoms with van der Waals surface area (Å²) in [6, 6.07) is 12.8. The number of carbonyl (C=O) groups excluding carboxylic acids is 1. The highest BCUT2D eigenvalue weighted by atomic mass is 35.5. The Morgan fingerprint density at radius 3 is 2.67 bits per heavy atom. The van der Waals surface area contributed by atoms with Crippen LogP contribution in [-0.4, -0.2) is 26.4 Å². The van der Waals surface area contributed by atoms with E-state index in [4.69, 9.17) is 27.9 Å². The number of hydrogen-bond acceptors (Lipinski definition) is 5. The van der Waals surface area contributed by atoms with Crippen molar-refractivity contribution in [1.29, 1.82) is 0 Å². The predicted molar refractivity (Wildman–Crippen MR) is 122 cm³/mol. The Balaban J connectivity index is 1.64. The number of para-hydroxylation sites is 1. The summed E-state index contributed by atoms with van der Waals surface area (Å²) in [6.07, 6.45) is -0.280. The molecule has 0 saturated heterocycles. The molecule has 0 aliphatic carbocycles. The Morgan fingerprint density at radius 2 is 1.97 bits per heavy atom. The Morgan fingerprint density at radius 1 is 1.20 bits per heavy atom. The summed E-state index contributed by atoms with van der Waals surface area (Å²) in [6.45, 7) is 6.61. The van der Waals surface area contributed by atoms with Crippen LogP contribution in [0, 0.1) is 6.92 Å². The maximum absolute atomic E-state index is 12.3. The van der Waals surface area contributed by atoms with E-state index in [1.54, 1.807) is 18.2 Å². The molecule has 1 N–H and O–H groups in total. The van der Waals surface area contributed by atoms with Crippen molar-refractivity contribution in [2.45, 2.75) is 38.6 Å². The molecule has 1 unspecified atom stereocenters. The summed E-state index contributed by atoms with van der Waals surface area (Å²) in [5.41, 5.74) is 1.65. The molecule has 2 aromatic carbocycles. The zero-order valence-electron chi connectivity index (χ0n) is 16.9. The van der Waals surface area contributed by atoms with Gasteiger partial charge in [-0.05, 0) is 50.6 Å². The molecule has 0 spiro atoms. The van der Waals surface area contributed by atoms with Crippen molar-refractivity contribution in [3.05, 3.63) is 63.9 Å². The normalized spacial score (nSPS) is 11.9. The van der Waals surface area contributed by atoms with E-state index in [1.807, 2.05) is 49.6 Å². The smallest absolute Gasteiger partial charge is 0.234 e. The van der Waals surface area contributed by atoms with E-state index in [0.717, 1.165) is 11.3 Å². The SMILES string of the molecule is CCn1c(SCC(=O)Nc2ccc(Cl)c(Cl)c2)nnc1C(C)Oc1ccccc1C. The minimum absolute atomic E-state index is 0.171. The molecule has 1 heterocycles. The first kappa shape index (κ1) is 22.5. The number of thioether (sulfide) groups is 1. The molecule has 1 atom stereocenters. The lowest BCUT2D eigenvalue weighted by atomic mass is 10.2. The number of hydrogen-bond donors (Lipinski definition) is 1. The molecule has 0 fully saturated rings. The third-order valence-corrected chi connectivity index (χ3v) is 6.06. The molecule has 0 aliphatic rings. The van der Waals surface area contributed by atoms with E-state index < -0.39 is 0 Å². The first-order valence-electron chi connectivity index (χ1n) is 9.42. The number of rotatable bonds is 8. The zero-order valence-corrected chi connectivity index (χ0v) is 19.2. The van der Waals surface area contributed by atoms with Crippen molar-refractivity contribution in [1.82, 2.24) is 14.8 Å². The number of amides is 1. The second kappa shape index (κ2) is 10.2. The fourth-order valence-electron chi connectivity index (χ4n) is 2.84. The van der Waals surface area contributed by atoms with Crippen molar-refractivity contribution < 1.29 is 9.53 Å². The van der Waals surface area contributed by atoms with Gasteiger partial charge in [-0.2, -0.15) is 0 Å². The van der Waals surface area contributed by atoms with Crippen LogP contribution in [0.2, 0.25) is 10.0 Å². The maximum Gasteiger partial charge on any atom is 0.234 e. The van der Waals surface area contributed by atoms with Gasteiger partial charge in [0.1, 0.15) is 5.75 Å². The van der Waals surface area contributed by atoms with Crippen molar-refractivity contribution in [3.8, 4) is 5.75 Å². The molecule has 158 valence electrons. The van der Waals surface area contributed by atoms with E-state index in [-0.39, 0.29) is 17.8 Å². The van der Waals surface area contributed by atoms with E-state index >= 15 is 0 Å². The van der Waals surface area contributed by atoms with Crippen molar-refractivity contribution in [3.63, 3.8) is 0 Å². The first-order valence-corrected chi connectivity index (χ1v) is 11.2. The molecule has 3 rings (SSSR count). The maximum atomic E-state index is 12.3. The molecule has 1 amide bonds. The van der Waals surface area contributed by atoms with E-state index in [1.165, 1.54) is 11.8 Å². The van der Waals surface area contributed by atoms with Gasteiger partial charge in [0, 0.05) is 12.2 Å². The van der Waals surface area contributed by atoms with Crippen LogP contribution in [0.3, 0.4) is 0 Å². The standard InChI is InChI=1S/C21H22Cl2N4O2S/c1-4-27-20(14(3)29-18-8-6-5-7-13(18)2)25-26-21(27)30-12-19(28)24-15-9-10-16(22)17(23)11-15/h5-11,14H,4,12H2,1-3H3,(H,24,28). The van der Waals surface area contributed by atoms with Crippen LogP contribution in [0.25, 0.3) is 0 Å². The fraction of sp³-hybridized carbons (Fsp3) is 0.286. The summed E-state index contributed by atoms with van der Waals surface area (Å²) in [5.74, 6) is 1.54. The molecule has 0 saturated carbocycles. The second-order valence-electron chi connectivity index (χ2n) is 6.58. The Bertz CT molecular complexity index is 1040. The number of halogens is 2. The largest absolute Gasteiger partial charge is 0.482 e. The van der Waals surface area contributed by atoms with Crippen LogP contribution in [0.15, 0.2) is 47.6 Å². The van der Waals surface area contributed by atoms with E-state index in [0.29, 0.717) is 33.3 Å². The van der Waals surface area contributed by atoms with Crippen molar-refractivity contribution >= 4 is 46.6 Å². The van der Waals surface area contributed by atoms with E-state index in [9.17, 15) is 4.79 Å². The molecule has 0 radical (unpaired) electrons. The predicted octanol–water partition coefficient (Wildman–Crippen LogP) is 5.78. The lowest BCUT2D eigenvalue weighted by molar-refractivity contribution is -0.113. The van der Waals surface area contributed by atoms with Crippen LogP contribution in [0.1, 0.15) is 31.3 Å². The number of aromatic nitrogens is 3. The summed E-state index contributed by atoms with van der Waals surface area (Å²) in [7, 11) is 0. The highest BCUT2D eigenvalue weighted by Gasteiger charge is 2.20. The van der Waals surface area contributed by atoms with Crippen molar-refractivity contribution in [2.75, 3.05) is 11.1 Å². The molecule has 3 aromatic rings. The molecule has 0 aliphatic heterocycles. The lowest BCUT2D eigenvalue weighted by Crippen LogP contribution is -2.15. The quantitative estimate of drug-likeness (QED) is 0.427. The van der Waals surface area contributed by atoms with Gasteiger partial charge in [0.05, 0.1) is 15.8 Å². The van der Waals surface area contributed by atoms with Crippen molar-refractivity contribution in [2.24, 2.45) is 0 Å². The molecular weight excluding hydrogens is 443 g/mol. The lowest BCUT2D eigenvalue weighted by Gasteiger charge is -2.17. The molecule has 6 nitrogen and oxygen atoms in total. The van der Waals surface area contributed by atoms with Gasteiger partial charge in [-0.3, -0.25) is 4.79 Å². The van der Waals surface area contributed by atoms with Crippen LogP contribution >= 0.6 is 35.0 Å². The number of benzene rings is 2. The van der Waals surface area contributed by atoms with Gasteiger partial charge in [-0.25, -0.2) is 0 Å². The molecule has 9 heteroatoms. The zero-order chi connectivity index (χ0) is 21.7. The van der Waals surface area contributed by atoms with Gasteiger partial charge in [-0.1, -0.05) is 53.2 Å². The Hall–Kier alpha value is -2.22. The first-order chi connectivity index (χ1) is 14.4. The van der Waals surface area contributed by atoms with Gasteiger partial charge < -0.3 is 14.6 Å². The Kier molecular flexibility index (Phi) is 7.64. The van der Waals surface area contributed by atoms with Gasteiger partial charge in [0.2, 0.25) is 5.91 Å². The van der Waals surface area contributed by atoms with E-state index in [2.05, 4.69) is 15.5 Å². The van der Waals surface area contributed by atoms with Crippen LogP contribution in [0.4, 0.5) is 5.69 Å². The summed E-state index contributed by atoms with van der Waals surface area (Å²) >= 11 is 13.2. The number of ether oxygens (including phenoxy) is 1.